The van der Waals surface area contributed by atoms with Crippen LogP contribution < -0.4 is 5.32 Å². The van der Waals surface area contributed by atoms with Gasteiger partial charge in [0.25, 0.3) is 0 Å². The van der Waals surface area contributed by atoms with Gasteiger partial charge in [0, 0.05) is 38.8 Å². The lowest BCUT2D eigenvalue weighted by Crippen LogP contribution is -2.51. The summed E-state index contributed by atoms with van der Waals surface area (Å²) in [6.45, 7) is 10.5. The van der Waals surface area contributed by atoms with Crippen LogP contribution in [0.3, 0.4) is 0 Å². The minimum atomic E-state index is -0.0279. The van der Waals surface area contributed by atoms with Crippen LogP contribution in [0.5, 0.6) is 0 Å². The number of dihydropyridines is 1. The smallest absolute Gasteiger partial charge is 0.148 e. The predicted octanol–water partition coefficient (Wildman–Crippen LogP) is 1.14. The minimum Gasteiger partial charge on any atom is -0.379 e. The van der Waals surface area contributed by atoms with E-state index >= 15 is 0 Å². The van der Waals surface area contributed by atoms with Gasteiger partial charge >= 0.3 is 0 Å². The van der Waals surface area contributed by atoms with Gasteiger partial charge in [-0.3, -0.25) is 4.90 Å². The molecule has 0 aromatic heterocycles. The second-order valence-electron chi connectivity index (χ2n) is 6.24. The highest BCUT2D eigenvalue weighted by Crippen LogP contribution is 2.16. The average molecular weight is 293 g/mol. The van der Waals surface area contributed by atoms with Crippen LogP contribution in [0.1, 0.15) is 20.3 Å². The fourth-order valence-corrected chi connectivity index (χ4v) is 3.07. The number of hydrogen-bond donors (Lipinski definition) is 1. The van der Waals surface area contributed by atoms with Crippen molar-refractivity contribution in [2.45, 2.75) is 38.6 Å². The van der Waals surface area contributed by atoms with Gasteiger partial charge in [0.15, 0.2) is 0 Å². The van der Waals surface area contributed by atoms with Gasteiger partial charge in [-0.25, -0.2) is 0 Å². The van der Waals surface area contributed by atoms with E-state index in [-0.39, 0.29) is 12.3 Å². The van der Waals surface area contributed by atoms with E-state index in [9.17, 15) is 0 Å². The van der Waals surface area contributed by atoms with Crippen molar-refractivity contribution in [2.75, 3.05) is 39.4 Å². The zero-order valence-electron chi connectivity index (χ0n) is 13.1. The van der Waals surface area contributed by atoms with Gasteiger partial charge in [-0.1, -0.05) is 6.08 Å². The summed E-state index contributed by atoms with van der Waals surface area (Å²) in [4.78, 5) is 4.95. The molecule has 0 spiro atoms. The number of nitrogens with zero attached hydrogens (tertiary/aromatic N) is 2. The number of allylic oxidation sites excluding steroid dienone is 2. The molecule has 3 heterocycles. The van der Waals surface area contributed by atoms with Crippen molar-refractivity contribution < 1.29 is 9.47 Å². The zero-order valence-corrected chi connectivity index (χ0v) is 13.1. The van der Waals surface area contributed by atoms with E-state index < -0.39 is 0 Å². The van der Waals surface area contributed by atoms with E-state index in [0.29, 0.717) is 6.04 Å². The van der Waals surface area contributed by atoms with E-state index in [1.165, 1.54) is 5.82 Å². The fraction of sp³-hybridized carbons (Fsp3) is 0.750. The molecule has 0 radical (unpaired) electrons. The van der Waals surface area contributed by atoms with Gasteiger partial charge in [0.05, 0.1) is 12.7 Å². The summed E-state index contributed by atoms with van der Waals surface area (Å²) in [7, 11) is 0. The van der Waals surface area contributed by atoms with Crippen molar-refractivity contribution in [3.63, 3.8) is 0 Å². The van der Waals surface area contributed by atoms with Crippen molar-refractivity contribution >= 4 is 0 Å². The normalized spacial score (nSPS) is 30.6. The van der Waals surface area contributed by atoms with Gasteiger partial charge in [-0.15, -0.1) is 0 Å². The van der Waals surface area contributed by atoms with E-state index in [0.717, 1.165) is 45.8 Å². The lowest BCUT2D eigenvalue weighted by molar-refractivity contribution is -0.00966. The Morgan fingerprint density at radius 1 is 1.29 bits per heavy atom. The molecule has 3 rings (SSSR count). The molecule has 0 bridgehead atoms. The van der Waals surface area contributed by atoms with Crippen molar-refractivity contribution in [3.05, 3.63) is 24.0 Å². The van der Waals surface area contributed by atoms with E-state index in [2.05, 4.69) is 47.2 Å². The monoisotopic (exact) mass is 293 g/mol. The maximum atomic E-state index is 6.03. The molecule has 0 saturated carbocycles. The summed E-state index contributed by atoms with van der Waals surface area (Å²) in [5, 5.41) is 3.50. The van der Waals surface area contributed by atoms with Crippen molar-refractivity contribution in [3.8, 4) is 0 Å². The summed E-state index contributed by atoms with van der Waals surface area (Å²) >= 11 is 0. The standard InChI is InChI=1S/C16H27N3O2/c1-13(2)18-7-9-19(10-8-18)15-4-3-5-16(17-15)21-14-6-11-20-12-14/h3-5,13-14,16-17H,6-12H2,1-2H3. The van der Waals surface area contributed by atoms with E-state index in [1.54, 1.807) is 0 Å². The molecule has 2 fully saturated rings. The fourth-order valence-electron chi connectivity index (χ4n) is 3.07. The van der Waals surface area contributed by atoms with Gasteiger partial charge < -0.3 is 19.7 Å². The van der Waals surface area contributed by atoms with Gasteiger partial charge in [0.2, 0.25) is 0 Å². The molecule has 2 atom stereocenters. The molecule has 0 aromatic carbocycles. The molecule has 0 amide bonds. The molecule has 118 valence electrons. The highest BCUT2D eigenvalue weighted by Gasteiger charge is 2.25. The minimum absolute atomic E-state index is 0.0279. The van der Waals surface area contributed by atoms with Crippen LogP contribution in [0.15, 0.2) is 24.0 Å². The van der Waals surface area contributed by atoms with Crippen LogP contribution in [0, 0.1) is 0 Å². The Balaban J connectivity index is 1.50. The van der Waals surface area contributed by atoms with Crippen LogP contribution >= 0.6 is 0 Å². The average Bonchev–Trinajstić information content (AvgIpc) is 3.00. The maximum absolute atomic E-state index is 6.03. The van der Waals surface area contributed by atoms with E-state index in [1.807, 2.05) is 0 Å². The summed E-state index contributed by atoms with van der Waals surface area (Å²) in [5.74, 6) is 1.19. The second-order valence-corrected chi connectivity index (χ2v) is 6.24. The number of nitrogens with one attached hydrogen (secondary N) is 1. The molecule has 21 heavy (non-hydrogen) atoms. The quantitative estimate of drug-likeness (QED) is 0.841. The molecule has 3 aliphatic heterocycles. The summed E-state index contributed by atoms with van der Waals surface area (Å²) in [6, 6.07) is 0.638. The molecule has 0 aliphatic carbocycles. The zero-order chi connectivity index (χ0) is 14.7. The summed E-state index contributed by atoms with van der Waals surface area (Å²) in [6.07, 6.45) is 7.52. The highest BCUT2D eigenvalue weighted by molar-refractivity contribution is 5.18. The van der Waals surface area contributed by atoms with Crippen molar-refractivity contribution in [1.29, 1.82) is 0 Å². The Morgan fingerprint density at radius 3 is 2.76 bits per heavy atom. The Hall–Kier alpha value is -1.04. The van der Waals surface area contributed by atoms with Crippen molar-refractivity contribution in [1.82, 2.24) is 15.1 Å². The number of piperazine rings is 1. The van der Waals surface area contributed by atoms with Crippen LogP contribution in [0.2, 0.25) is 0 Å². The van der Waals surface area contributed by atoms with E-state index in [4.69, 9.17) is 9.47 Å². The molecule has 5 nitrogen and oxygen atoms in total. The maximum Gasteiger partial charge on any atom is 0.148 e. The SMILES string of the molecule is CC(C)N1CCN(C2=CC=CC(OC3CCOC3)N2)CC1. The molecule has 2 unspecified atom stereocenters. The molecule has 1 N–H and O–H groups in total. The third kappa shape index (κ3) is 3.78. The summed E-state index contributed by atoms with van der Waals surface area (Å²) < 4.78 is 11.4. The van der Waals surface area contributed by atoms with Gasteiger partial charge in [0.1, 0.15) is 12.0 Å². The van der Waals surface area contributed by atoms with Crippen LogP contribution in [0.25, 0.3) is 0 Å². The molecule has 3 aliphatic rings. The topological polar surface area (TPSA) is 37.0 Å². The van der Waals surface area contributed by atoms with Gasteiger partial charge in [-0.05, 0) is 32.4 Å². The number of ether oxygens (including phenoxy) is 2. The molecular weight excluding hydrogens is 266 g/mol. The first-order valence-electron chi connectivity index (χ1n) is 8.09. The van der Waals surface area contributed by atoms with Crippen molar-refractivity contribution in [2.24, 2.45) is 0 Å². The second kappa shape index (κ2) is 6.81. The van der Waals surface area contributed by atoms with Gasteiger partial charge in [-0.2, -0.15) is 0 Å². The first-order valence-corrected chi connectivity index (χ1v) is 8.09. The lowest BCUT2D eigenvalue weighted by atomic mass is 10.2. The first-order chi connectivity index (χ1) is 10.2. The molecule has 0 aromatic rings. The molecular formula is C16H27N3O2. The van der Waals surface area contributed by atoms with Crippen LogP contribution in [0.4, 0.5) is 0 Å². The number of rotatable bonds is 4. The largest absolute Gasteiger partial charge is 0.379 e. The number of hydrogen-bond acceptors (Lipinski definition) is 5. The highest BCUT2D eigenvalue weighted by atomic mass is 16.6. The Morgan fingerprint density at radius 2 is 2.10 bits per heavy atom. The Labute approximate surface area is 127 Å². The lowest BCUT2D eigenvalue weighted by Gasteiger charge is -2.40. The first kappa shape index (κ1) is 14.9. The third-order valence-corrected chi connectivity index (χ3v) is 4.44. The Kier molecular flexibility index (Phi) is 4.83. The van der Waals surface area contributed by atoms with Crippen LogP contribution in [-0.4, -0.2) is 67.6 Å². The molecule has 2 saturated heterocycles. The predicted molar refractivity (Wildman–Crippen MR) is 82.7 cm³/mol. The Bertz CT molecular complexity index is 394. The van der Waals surface area contributed by atoms with Crippen LogP contribution in [-0.2, 0) is 9.47 Å². The molecule has 5 heteroatoms. The summed E-state index contributed by atoms with van der Waals surface area (Å²) in [5.41, 5.74) is 0. The third-order valence-electron chi connectivity index (χ3n) is 4.44.